The van der Waals surface area contributed by atoms with E-state index in [0.717, 1.165) is 12.8 Å². The largest absolute Gasteiger partial charge is 0.376 e. The number of ether oxygens (including phenoxy) is 1. The van der Waals surface area contributed by atoms with Crippen LogP contribution in [-0.4, -0.2) is 30.2 Å². The molecule has 1 heterocycles. The van der Waals surface area contributed by atoms with Crippen LogP contribution in [0.1, 0.15) is 32.1 Å². The van der Waals surface area contributed by atoms with E-state index in [0.29, 0.717) is 18.3 Å². The van der Waals surface area contributed by atoms with Gasteiger partial charge in [-0.2, -0.15) is 0 Å². The topological polar surface area (TPSA) is 72.5 Å². The van der Waals surface area contributed by atoms with E-state index in [1.54, 1.807) is 13.3 Å². The molecule has 0 aliphatic heterocycles. The molecule has 0 spiro atoms. The van der Waals surface area contributed by atoms with E-state index in [1.165, 1.54) is 19.3 Å². The molecule has 20 heavy (non-hydrogen) atoms. The van der Waals surface area contributed by atoms with Gasteiger partial charge in [-0.25, -0.2) is 4.98 Å². The van der Waals surface area contributed by atoms with Crippen molar-refractivity contribution in [1.29, 1.82) is 0 Å². The SMILES string of the molecule is COC1(CN=C(N)Nc2ccccn2)CCCCC1.I. The van der Waals surface area contributed by atoms with Crippen molar-refractivity contribution in [3.8, 4) is 0 Å². The summed E-state index contributed by atoms with van der Waals surface area (Å²) >= 11 is 0. The van der Waals surface area contributed by atoms with E-state index < -0.39 is 0 Å². The fourth-order valence-electron chi connectivity index (χ4n) is 2.46. The van der Waals surface area contributed by atoms with Gasteiger partial charge in [0.05, 0.1) is 12.1 Å². The van der Waals surface area contributed by atoms with Crippen molar-refractivity contribution >= 4 is 35.8 Å². The van der Waals surface area contributed by atoms with E-state index in [-0.39, 0.29) is 29.6 Å². The number of nitrogens with two attached hydrogens (primary N) is 1. The number of nitrogens with one attached hydrogen (secondary N) is 1. The highest BCUT2D eigenvalue weighted by Gasteiger charge is 2.31. The summed E-state index contributed by atoms with van der Waals surface area (Å²) in [7, 11) is 1.77. The predicted octanol–water partition coefficient (Wildman–Crippen LogP) is 2.78. The Morgan fingerprint density at radius 2 is 2.15 bits per heavy atom. The molecule has 0 aromatic carbocycles. The van der Waals surface area contributed by atoms with Crippen molar-refractivity contribution in [3.63, 3.8) is 0 Å². The molecular formula is C14H23IN4O. The second kappa shape index (κ2) is 8.41. The lowest BCUT2D eigenvalue weighted by Gasteiger charge is -2.34. The molecule has 1 aromatic rings. The first-order chi connectivity index (χ1) is 9.24. The van der Waals surface area contributed by atoms with Crippen LogP contribution in [0, 0.1) is 0 Å². The maximum atomic E-state index is 5.88. The number of hydrogen-bond donors (Lipinski definition) is 2. The summed E-state index contributed by atoms with van der Waals surface area (Å²) in [6.45, 7) is 0.606. The summed E-state index contributed by atoms with van der Waals surface area (Å²) in [5.41, 5.74) is 5.75. The maximum absolute atomic E-state index is 5.88. The average molecular weight is 390 g/mol. The van der Waals surface area contributed by atoms with Gasteiger partial charge in [0.15, 0.2) is 5.96 Å². The van der Waals surface area contributed by atoms with Crippen LogP contribution < -0.4 is 11.1 Å². The molecule has 0 unspecified atom stereocenters. The van der Waals surface area contributed by atoms with Gasteiger partial charge < -0.3 is 15.8 Å². The molecule has 5 nitrogen and oxygen atoms in total. The first-order valence-corrected chi connectivity index (χ1v) is 6.77. The van der Waals surface area contributed by atoms with Gasteiger partial charge in [0.2, 0.25) is 0 Å². The van der Waals surface area contributed by atoms with Crippen LogP contribution in [0.15, 0.2) is 29.4 Å². The zero-order chi connectivity index (χ0) is 13.6. The maximum Gasteiger partial charge on any atom is 0.194 e. The Morgan fingerprint density at radius 1 is 1.40 bits per heavy atom. The van der Waals surface area contributed by atoms with Gasteiger partial charge in [-0.05, 0) is 25.0 Å². The molecule has 1 aromatic heterocycles. The van der Waals surface area contributed by atoms with Crippen LogP contribution in [0.2, 0.25) is 0 Å². The van der Waals surface area contributed by atoms with Gasteiger partial charge in [-0.3, -0.25) is 4.99 Å². The Labute approximate surface area is 137 Å². The molecule has 6 heteroatoms. The number of pyridine rings is 1. The minimum absolute atomic E-state index is 0. The number of nitrogens with zero attached hydrogens (tertiary/aromatic N) is 2. The second-order valence-corrected chi connectivity index (χ2v) is 4.99. The molecule has 0 bridgehead atoms. The third kappa shape index (κ3) is 4.90. The fraction of sp³-hybridized carbons (Fsp3) is 0.571. The lowest BCUT2D eigenvalue weighted by molar-refractivity contribution is -0.0308. The highest BCUT2D eigenvalue weighted by molar-refractivity contribution is 14.0. The molecule has 0 amide bonds. The standard InChI is InChI=1S/C14H22N4O.HI/c1-19-14(8-4-2-5-9-14)11-17-13(15)18-12-7-3-6-10-16-12;/h3,6-7,10H,2,4-5,8-9,11H2,1H3,(H3,15,16,17,18);1H. The molecule has 1 saturated carbocycles. The second-order valence-electron chi connectivity index (χ2n) is 4.99. The van der Waals surface area contributed by atoms with Gasteiger partial charge in [-0.1, -0.05) is 25.3 Å². The van der Waals surface area contributed by atoms with Crippen molar-refractivity contribution in [2.75, 3.05) is 19.0 Å². The number of halogens is 1. The summed E-state index contributed by atoms with van der Waals surface area (Å²) in [4.78, 5) is 8.55. The molecule has 3 N–H and O–H groups in total. The molecule has 1 aliphatic rings. The normalized spacial score (nSPS) is 18.1. The number of guanidine groups is 1. The van der Waals surface area contributed by atoms with E-state index in [2.05, 4.69) is 15.3 Å². The number of hydrogen-bond acceptors (Lipinski definition) is 3. The molecule has 1 aliphatic carbocycles. The predicted molar refractivity (Wildman–Crippen MR) is 92.6 cm³/mol. The molecule has 0 radical (unpaired) electrons. The third-order valence-electron chi connectivity index (χ3n) is 3.66. The number of anilines is 1. The van der Waals surface area contributed by atoms with E-state index in [4.69, 9.17) is 10.5 Å². The number of aromatic nitrogens is 1. The van der Waals surface area contributed by atoms with Gasteiger partial charge in [-0.15, -0.1) is 24.0 Å². The minimum atomic E-state index is -0.130. The summed E-state index contributed by atoms with van der Waals surface area (Å²) in [6, 6.07) is 5.62. The molecule has 0 saturated heterocycles. The number of aliphatic imine (C=N–C) groups is 1. The van der Waals surface area contributed by atoms with Crippen LogP contribution in [0.5, 0.6) is 0 Å². The van der Waals surface area contributed by atoms with Crippen molar-refractivity contribution in [2.45, 2.75) is 37.7 Å². The summed E-state index contributed by atoms with van der Waals surface area (Å²) in [6.07, 6.45) is 7.53. The van der Waals surface area contributed by atoms with Crippen LogP contribution in [0.25, 0.3) is 0 Å². The van der Waals surface area contributed by atoms with Crippen molar-refractivity contribution in [1.82, 2.24) is 4.98 Å². The summed E-state index contributed by atoms with van der Waals surface area (Å²) < 4.78 is 5.67. The Kier molecular flexibility index (Phi) is 7.22. The Morgan fingerprint density at radius 3 is 2.75 bits per heavy atom. The smallest absolute Gasteiger partial charge is 0.194 e. The molecule has 2 rings (SSSR count). The Hall–Kier alpha value is -0.890. The summed E-state index contributed by atoms with van der Waals surface area (Å²) in [5, 5.41) is 2.98. The van der Waals surface area contributed by atoms with Crippen LogP contribution in [-0.2, 0) is 4.74 Å². The monoisotopic (exact) mass is 390 g/mol. The van der Waals surface area contributed by atoms with Crippen molar-refractivity contribution in [3.05, 3.63) is 24.4 Å². The number of methoxy groups -OCH3 is 1. The van der Waals surface area contributed by atoms with Crippen LogP contribution in [0.4, 0.5) is 5.82 Å². The van der Waals surface area contributed by atoms with Crippen LogP contribution in [0.3, 0.4) is 0 Å². The van der Waals surface area contributed by atoms with E-state index in [9.17, 15) is 0 Å². The Bertz CT molecular complexity index is 418. The number of rotatable bonds is 4. The lowest BCUT2D eigenvalue weighted by atomic mass is 9.85. The van der Waals surface area contributed by atoms with Gasteiger partial charge in [0.1, 0.15) is 5.82 Å². The van der Waals surface area contributed by atoms with Crippen molar-refractivity contribution < 1.29 is 4.74 Å². The zero-order valence-corrected chi connectivity index (χ0v) is 14.2. The lowest BCUT2D eigenvalue weighted by Crippen LogP contribution is -2.38. The molecular weight excluding hydrogens is 367 g/mol. The van der Waals surface area contributed by atoms with Crippen LogP contribution >= 0.6 is 24.0 Å². The first kappa shape index (κ1) is 17.2. The molecule has 1 fully saturated rings. The Balaban J connectivity index is 0.00000200. The highest BCUT2D eigenvalue weighted by atomic mass is 127. The molecule has 0 atom stereocenters. The van der Waals surface area contributed by atoms with Gasteiger partial charge >= 0.3 is 0 Å². The fourth-order valence-corrected chi connectivity index (χ4v) is 2.46. The zero-order valence-electron chi connectivity index (χ0n) is 11.8. The third-order valence-corrected chi connectivity index (χ3v) is 3.66. The molecule has 112 valence electrons. The van der Waals surface area contributed by atoms with E-state index in [1.807, 2.05) is 18.2 Å². The van der Waals surface area contributed by atoms with Crippen molar-refractivity contribution in [2.24, 2.45) is 10.7 Å². The minimum Gasteiger partial charge on any atom is -0.376 e. The van der Waals surface area contributed by atoms with Gasteiger partial charge in [0.25, 0.3) is 0 Å². The van der Waals surface area contributed by atoms with Gasteiger partial charge in [0, 0.05) is 13.3 Å². The first-order valence-electron chi connectivity index (χ1n) is 6.77. The van der Waals surface area contributed by atoms with E-state index >= 15 is 0 Å². The summed E-state index contributed by atoms with van der Waals surface area (Å²) in [5.74, 6) is 1.10. The quantitative estimate of drug-likeness (QED) is 0.471. The highest BCUT2D eigenvalue weighted by Crippen LogP contribution is 2.31. The average Bonchev–Trinajstić information content (AvgIpc) is 2.47.